The smallest absolute Gasteiger partial charge is 0.192 e. The van der Waals surface area contributed by atoms with Crippen molar-refractivity contribution in [1.29, 1.82) is 0 Å². The number of ketones is 1. The third-order valence-electron chi connectivity index (χ3n) is 11.5. The second kappa shape index (κ2) is 8.32. The molecule has 0 aromatic heterocycles. The van der Waals surface area contributed by atoms with Crippen molar-refractivity contribution in [3.63, 3.8) is 0 Å². The minimum atomic E-state index is -1.50. The van der Waals surface area contributed by atoms with Gasteiger partial charge in [0, 0.05) is 12.0 Å². The molecular formula is C27H48O2Si. The second-order valence-electron chi connectivity index (χ2n) is 12.2. The van der Waals surface area contributed by atoms with E-state index in [4.69, 9.17) is 4.43 Å². The molecule has 0 N–H and O–H groups in total. The molecule has 0 aliphatic heterocycles. The molecule has 0 bridgehead atoms. The number of hydrogen-bond acceptors (Lipinski definition) is 2. The molecule has 0 amide bonds. The van der Waals surface area contributed by atoms with Gasteiger partial charge < -0.3 is 4.43 Å². The normalized spacial score (nSPS) is 46.1. The van der Waals surface area contributed by atoms with E-state index in [1.807, 2.05) is 6.92 Å². The first-order valence-electron chi connectivity index (χ1n) is 13.4. The van der Waals surface area contributed by atoms with Crippen molar-refractivity contribution >= 4 is 14.1 Å². The fourth-order valence-electron chi connectivity index (χ4n) is 9.35. The highest BCUT2D eigenvalue weighted by Gasteiger charge is 2.61. The van der Waals surface area contributed by atoms with E-state index in [1.54, 1.807) is 0 Å². The van der Waals surface area contributed by atoms with Crippen LogP contribution in [0.1, 0.15) is 99.3 Å². The highest BCUT2D eigenvalue weighted by Crippen LogP contribution is 2.67. The van der Waals surface area contributed by atoms with E-state index in [0.29, 0.717) is 28.6 Å². The van der Waals surface area contributed by atoms with Crippen molar-refractivity contribution in [2.24, 2.45) is 40.4 Å². The number of Topliss-reactive ketones (excluding diaryl/α,β-unsaturated/α-hetero) is 1. The van der Waals surface area contributed by atoms with Gasteiger partial charge in [0.1, 0.15) is 5.78 Å². The van der Waals surface area contributed by atoms with Gasteiger partial charge in [-0.05, 0) is 117 Å². The summed E-state index contributed by atoms with van der Waals surface area (Å²) in [6.07, 6.45) is 12.5. The molecule has 0 heterocycles. The summed E-state index contributed by atoms with van der Waals surface area (Å²) >= 11 is 0. The van der Waals surface area contributed by atoms with E-state index in [9.17, 15) is 4.79 Å². The first-order chi connectivity index (χ1) is 14.2. The Morgan fingerprint density at radius 2 is 1.50 bits per heavy atom. The Bertz CT molecular complexity index is 635. The quantitative estimate of drug-likeness (QED) is 0.403. The monoisotopic (exact) mass is 432 g/mol. The highest BCUT2D eigenvalue weighted by atomic mass is 28.4. The molecule has 4 rings (SSSR count). The number of rotatable bonds is 6. The van der Waals surface area contributed by atoms with Gasteiger partial charge in [-0.3, -0.25) is 4.79 Å². The van der Waals surface area contributed by atoms with Crippen LogP contribution in [0, 0.1) is 40.4 Å². The molecule has 0 spiro atoms. The van der Waals surface area contributed by atoms with E-state index in [0.717, 1.165) is 30.1 Å². The number of carbonyl (C=O) groups is 1. The molecule has 0 aromatic carbocycles. The van der Waals surface area contributed by atoms with E-state index < -0.39 is 8.32 Å². The molecule has 2 unspecified atom stereocenters. The molecule has 3 heteroatoms. The lowest BCUT2D eigenvalue weighted by Crippen LogP contribution is -2.55. The van der Waals surface area contributed by atoms with Crippen molar-refractivity contribution in [3.8, 4) is 0 Å². The van der Waals surface area contributed by atoms with Crippen molar-refractivity contribution < 1.29 is 9.22 Å². The van der Waals surface area contributed by atoms with Gasteiger partial charge in [-0.2, -0.15) is 0 Å². The van der Waals surface area contributed by atoms with Crippen LogP contribution in [0.4, 0.5) is 0 Å². The molecule has 30 heavy (non-hydrogen) atoms. The highest BCUT2D eigenvalue weighted by molar-refractivity contribution is 6.73. The summed E-state index contributed by atoms with van der Waals surface area (Å²) < 4.78 is 6.98. The minimum Gasteiger partial charge on any atom is -0.414 e. The minimum absolute atomic E-state index is 0.297. The lowest BCUT2D eigenvalue weighted by atomic mass is 9.44. The summed E-state index contributed by atoms with van der Waals surface area (Å²) in [6, 6.07) is 3.84. The van der Waals surface area contributed by atoms with Gasteiger partial charge >= 0.3 is 0 Å². The van der Waals surface area contributed by atoms with Gasteiger partial charge in [0.25, 0.3) is 0 Å². The molecule has 0 aromatic rings. The van der Waals surface area contributed by atoms with Gasteiger partial charge in [0.15, 0.2) is 8.32 Å². The Kier molecular flexibility index (Phi) is 6.39. The Balaban J connectivity index is 1.48. The molecule has 0 saturated heterocycles. The Morgan fingerprint density at radius 1 is 0.867 bits per heavy atom. The summed E-state index contributed by atoms with van der Waals surface area (Å²) in [5, 5.41) is 0. The zero-order valence-corrected chi connectivity index (χ0v) is 21.8. The predicted octanol–water partition coefficient (Wildman–Crippen LogP) is 7.62. The van der Waals surface area contributed by atoms with E-state index in [-0.39, 0.29) is 0 Å². The number of fused-ring (bicyclic) bond motifs is 5. The van der Waals surface area contributed by atoms with Gasteiger partial charge in [-0.25, -0.2) is 0 Å². The Hall–Kier alpha value is -0.153. The van der Waals surface area contributed by atoms with E-state index in [2.05, 4.69) is 34.6 Å². The van der Waals surface area contributed by atoms with Crippen LogP contribution in [0.15, 0.2) is 0 Å². The summed E-state index contributed by atoms with van der Waals surface area (Å²) in [5.41, 5.74) is 0.818. The van der Waals surface area contributed by atoms with Crippen LogP contribution in [0.5, 0.6) is 0 Å². The van der Waals surface area contributed by atoms with Gasteiger partial charge in [0.2, 0.25) is 0 Å². The lowest BCUT2D eigenvalue weighted by Gasteiger charge is -2.61. The molecule has 2 nitrogen and oxygen atoms in total. The molecule has 172 valence electrons. The first kappa shape index (κ1) is 23.0. The second-order valence-corrected chi connectivity index (χ2v) is 16.9. The van der Waals surface area contributed by atoms with Crippen LogP contribution in [-0.2, 0) is 9.22 Å². The van der Waals surface area contributed by atoms with Crippen molar-refractivity contribution in [2.75, 3.05) is 0 Å². The fraction of sp³-hybridized carbons (Fsp3) is 0.963. The topological polar surface area (TPSA) is 26.3 Å². The standard InChI is InChI=1S/C27H48O2Si/c1-7-30(8-2,9-3)29-21-14-16-26(5)20(18-21)10-11-22-24-13-12-23(19(4)28)27(24,6)17-15-25(22)26/h20-25H,7-18H2,1-6H3/t20?,21?,22-,23+,24-,25-,26-,27+/m0/s1. The predicted molar refractivity (Wildman–Crippen MR) is 128 cm³/mol. The maximum absolute atomic E-state index is 12.4. The first-order valence-corrected chi connectivity index (χ1v) is 15.9. The Labute approximate surface area is 187 Å². The molecule has 4 aliphatic rings. The third kappa shape index (κ3) is 3.49. The van der Waals surface area contributed by atoms with Crippen LogP contribution >= 0.6 is 0 Å². The maximum Gasteiger partial charge on any atom is 0.192 e. The molecule has 0 radical (unpaired) electrons. The molecule has 4 saturated carbocycles. The molecule has 8 atom stereocenters. The van der Waals surface area contributed by atoms with Crippen LogP contribution in [0.3, 0.4) is 0 Å². The summed E-state index contributed by atoms with van der Waals surface area (Å²) in [7, 11) is -1.50. The average molecular weight is 433 g/mol. The third-order valence-corrected chi connectivity index (χ3v) is 16.2. The van der Waals surface area contributed by atoms with Crippen molar-refractivity contribution in [2.45, 2.75) is 124 Å². The summed E-state index contributed by atoms with van der Waals surface area (Å²) in [5.74, 6) is 4.25. The largest absolute Gasteiger partial charge is 0.414 e. The lowest BCUT2D eigenvalue weighted by molar-refractivity contribution is -0.137. The summed E-state index contributed by atoms with van der Waals surface area (Å²) in [4.78, 5) is 12.4. The maximum atomic E-state index is 12.4. The Morgan fingerprint density at radius 3 is 2.13 bits per heavy atom. The van der Waals surface area contributed by atoms with Gasteiger partial charge in [-0.15, -0.1) is 0 Å². The molecule has 4 aliphatic carbocycles. The van der Waals surface area contributed by atoms with E-state index >= 15 is 0 Å². The zero-order valence-electron chi connectivity index (χ0n) is 20.8. The van der Waals surface area contributed by atoms with Gasteiger partial charge in [-0.1, -0.05) is 34.6 Å². The fourth-order valence-corrected chi connectivity index (χ4v) is 12.3. The van der Waals surface area contributed by atoms with Crippen LogP contribution in [-0.4, -0.2) is 20.2 Å². The molecule has 4 fully saturated rings. The SMILES string of the molecule is CC[Si](CC)(CC)OC1CC[C@@]2(C)C(CC[C@H]3[C@@H]4CC[C@H](C(C)=O)[C@@]4(C)CC[C@@H]32)C1. The number of carbonyl (C=O) groups excluding carboxylic acids is 1. The molecular weight excluding hydrogens is 384 g/mol. The zero-order chi connectivity index (χ0) is 21.7. The summed E-state index contributed by atoms with van der Waals surface area (Å²) in [6.45, 7) is 14.1. The average Bonchev–Trinajstić information content (AvgIpc) is 3.10. The van der Waals surface area contributed by atoms with Crippen LogP contribution in [0.25, 0.3) is 0 Å². The van der Waals surface area contributed by atoms with Crippen molar-refractivity contribution in [3.05, 3.63) is 0 Å². The van der Waals surface area contributed by atoms with Crippen molar-refractivity contribution in [1.82, 2.24) is 0 Å². The van der Waals surface area contributed by atoms with E-state index in [1.165, 1.54) is 69.5 Å². The van der Waals surface area contributed by atoms with Gasteiger partial charge in [0.05, 0.1) is 0 Å². The van der Waals surface area contributed by atoms with Crippen LogP contribution < -0.4 is 0 Å². The van der Waals surface area contributed by atoms with Crippen LogP contribution in [0.2, 0.25) is 18.1 Å². The number of hydrogen-bond donors (Lipinski definition) is 0.